The second-order valence-corrected chi connectivity index (χ2v) is 9.63. The Hall–Kier alpha value is -1.99. The normalized spacial score (nSPS) is 29.5. The third-order valence-corrected chi connectivity index (χ3v) is 7.66. The van der Waals surface area contributed by atoms with Gasteiger partial charge in [0.1, 0.15) is 11.5 Å². The fraction of sp³-hybridized carbons (Fsp3) is 0.545. The second-order valence-electron chi connectivity index (χ2n) is 8.74. The van der Waals surface area contributed by atoms with E-state index in [1.165, 1.54) is 36.7 Å². The number of hydrogen-bond donors (Lipinski definition) is 1. The molecule has 0 spiro atoms. The molecule has 0 saturated carbocycles. The minimum atomic E-state index is -0.173. The van der Waals surface area contributed by atoms with E-state index in [-0.39, 0.29) is 11.7 Å². The van der Waals surface area contributed by atoms with Crippen molar-refractivity contribution in [2.24, 2.45) is 11.8 Å². The number of nitrogen functional groups attached to an aromatic ring is 1. The van der Waals surface area contributed by atoms with Crippen molar-refractivity contribution >= 4 is 22.4 Å². The van der Waals surface area contributed by atoms with Gasteiger partial charge < -0.3 is 10.6 Å². The average Bonchev–Trinajstić information content (AvgIpc) is 3.17. The standard InChI is InChI=1S/C22H27FN4OS/c23-17-5-3-4-14(8-17)9-20-16-10-15(19-6-1-2-7-27(19)20)11-26(12-16)21(28)18-13-29-22(24)25-18/h3-5,8,13,15-16,19-20H,1-2,6-7,9-12H2,(H2,24,25)/t15-,16+,19+,20+/m1/s1. The van der Waals surface area contributed by atoms with Crippen LogP contribution in [0.2, 0.25) is 0 Å². The first-order valence-corrected chi connectivity index (χ1v) is 11.5. The largest absolute Gasteiger partial charge is 0.375 e. The van der Waals surface area contributed by atoms with E-state index in [2.05, 4.69) is 9.88 Å². The summed E-state index contributed by atoms with van der Waals surface area (Å²) in [4.78, 5) is 22.0. The zero-order valence-electron chi connectivity index (χ0n) is 16.5. The lowest BCUT2D eigenvalue weighted by Crippen LogP contribution is -2.64. The van der Waals surface area contributed by atoms with Crippen LogP contribution in [0.25, 0.3) is 0 Å². The molecule has 1 amide bonds. The highest BCUT2D eigenvalue weighted by Gasteiger charge is 2.48. The van der Waals surface area contributed by atoms with E-state index in [0.717, 1.165) is 38.0 Å². The van der Waals surface area contributed by atoms with Gasteiger partial charge in [0.2, 0.25) is 0 Å². The summed E-state index contributed by atoms with van der Waals surface area (Å²) in [6.45, 7) is 2.67. The fourth-order valence-corrected chi connectivity index (χ4v) is 6.34. The number of carbonyl (C=O) groups excluding carboxylic acids is 1. The van der Waals surface area contributed by atoms with Crippen molar-refractivity contribution in [3.8, 4) is 0 Å². The Kier molecular flexibility index (Phi) is 5.04. The molecule has 3 saturated heterocycles. The number of nitrogens with two attached hydrogens (primary N) is 1. The van der Waals surface area contributed by atoms with Crippen LogP contribution >= 0.6 is 11.3 Å². The maximum Gasteiger partial charge on any atom is 0.273 e. The van der Waals surface area contributed by atoms with Crippen molar-refractivity contribution in [2.75, 3.05) is 25.4 Å². The van der Waals surface area contributed by atoms with Gasteiger partial charge in [-0.2, -0.15) is 0 Å². The van der Waals surface area contributed by atoms with Crippen LogP contribution < -0.4 is 5.73 Å². The van der Waals surface area contributed by atoms with Crippen LogP contribution in [0.15, 0.2) is 29.6 Å². The molecule has 2 N–H and O–H groups in total. The summed E-state index contributed by atoms with van der Waals surface area (Å²) in [5.74, 6) is 0.749. The van der Waals surface area contributed by atoms with Gasteiger partial charge in [-0.1, -0.05) is 18.6 Å². The number of aromatic nitrogens is 1. The van der Waals surface area contributed by atoms with Crippen LogP contribution in [0, 0.1) is 17.7 Å². The number of thiazole rings is 1. The Labute approximate surface area is 174 Å². The summed E-state index contributed by atoms with van der Waals surface area (Å²) in [7, 11) is 0. The van der Waals surface area contributed by atoms with Crippen molar-refractivity contribution in [3.63, 3.8) is 0 Å². The number of carbonyl (C=O) groups is 1. The Morgan fingerprint density at radius 3 is 2.93 bits per heavy atom. The van der Waals surface area contributed by atoms with Gasteiger partial charge in [0.15, 0.2) is 5.13 Å². The van der Waals surface area contributed by atoms with Gasteiger partial charge in [0.05, 0.1) is 0 Å². The second kappa shape index (κ2) is 7.69. The molecule has 3 aliphatic heterocycles. The van der Waals surface area contributed by atoms with Crippen LogP contribution in [-0.2, 0) is 6.42 Å². The average molecular weight is 415 g/mol. The molecule has 2 aromatic rings. The van der Waals surface area contributed by atoms with E-state index in [4.69, 9.17) is 5.73 Å². The quantitative estimate of drug-likeness (QED) is 0.836. The maximum absolute atomic E-state index is 13.8. The smallest absolute Gasteiger partial charge is 0.273 e. The molecule has 0 unspecified atom stereocenters. The first-order chi connectivity index (χ1) is 14.1. The highest BCUT2D eigenvalue weighted by molar-refractivity contribution is 7.13. The van der Waals surface area contributed by atoms with Gasteiger partial charge in [0.25, 0.3) is 5.91 Å². The molecule has 1 aromatic carbocycles. The molecule has 4 heterocycles. The molecule has 154 valence electrons. The fourth-order valence-electron chi connectivity index (χ4n) is 5.81. The van der Waals surface area contributed by atoms with Crippen LogP contribution in [-0.4, -0.2) is 52.4 Å². The number of fused-ring (bicyclic) bond motifs is 4. The number of rotatable bonds is 3. The zero-order chi connectivity index (χ0) is 20.0. The molecule has 1 aromatic heterocycles. The number of halogens is 1. The maximum atomic E-state index is 13.8. The summed E-state index contributed by atoms with van der Waals surface area (Å²) >= 11 is 1.32. The molecule has 0 aliphatic carbocycles. The highest BCUT2D eigenvalue weighted by atomic mass is 32.1. The first kappa shape index (κ1) is 19.0. The van der Waals surface area contributed by atoms with E-state index in [1.54, 1.807) is 17.5 Å². The van der Waals surface area contributed by atoms with Crippen LogP contribution in [0.1, 0.15) is 41.7 Å². The molecule has 2 bridgehead atoms. The van der Waals surface area contributed by atoms with Crippen molar-refractivity contribution in [3.05, 3.63) is 46.7 Å². The molecule has 3 fully saturated rings. The Bertz CT molecular complexity index is 902. The van der Waals surface area contributed by atoms with Crippen LogP contribution in [0.3, 0.4) is 0 Å². The lowest BCUT2D eigenvalue weighted by atomic mass is 9.71. The van der Waals surface area contributed by atoms with E-state index in [0.29, 0.717) is 34.7 Å². The van der Waals surface area contributed by atoms with Crippen molar-refractivity contribution in [1.29, 1.82) is 0 Å². The molecule has 0 radical (unpaired) electrons. The van der Waals surface area contributed by atoms with Crippen LogP contribution in [0.4, 0.5) is 9.52 Å². The molecule has 4 atom stereocenters. The summed E-state index contributed by atoms with van der Waals surface area (Å²) < 4.78 is 13.8. The molecule has 3 aliphatic rings. The minimum Gasteiger partial charge on any atom is -0.375 e. The Balaban J connectivity index is 1.41. The molecule has 29 heavy (non-hydrogen) atoms. The number of anilines is 1. The number of piperidine rings is 3. The highest BCUT2D eigenvalue weighted by Crippen LogP contribution is 2.42. The summed E-state index contributed by atoms with van der Waals surface area (Å²) in [5.41, 5.74) is 7.26. The minimum absolute atomic E-state index is 0.00131. The van der Waals surface area contributed by atoms with E-state index in [1.807, 2.05) is 11.0 Å². The summed E-state index contributed by atoms with van der Waals surface area (Å²) in [6.07, 6.45) is 5.69. The van der Waals surface area contributed by atoms with E-state index in [9.17, 15) is 9.18 Å². The number of nitrogens with zero attached hydrogens (tertiary/aromatic N) is 3. The SMILES string of the molecule is Nc1nc(C(=O)N2C[C@H]3C[C@@H](C2)[C@H](Cc2cccc(F)c2)N2CCCC[C@@H]32)cs1. The zero-order valence-corrected chi connectivity index (χ0v) is 17.3. The van der Waals surface area contributed by atoms with Crippen LogP contribution in [0.5, 0.6) is 0 Å². The number of benzene rings is 1. The molecule has 5 nitrogen and oxygen atoms in total. The van der Waals surface area contributed by atoms with Crippen molar-refractivity contribution in [2.45, 2.75) is 44.2 Å². The summed E-state index contributed by atoms with van der Waals surface area (Å²) in [6, 6.07) is 7.87. The lowest BCUT2D eigenvalue weighted by Gasteiger charge is -2.57. The van der Waals surface area contributed by atoms with Crippen molar-refractivity contribution in [1.82, 2.24) is 14.8 Å². The van der Waals surface area contributed by atoms with Gasteiger partial charge in [-0.25, -0.2) is 9.37 Å². The monoisotopic (exact) mass is 414 g/mol. The molecule has 7 heteroatoms. The molecule has 5 rings (SSSR count). The van der Waals surface area contributed by atoms with Crippen molar-refractivity contribution < 1.29 is 9.18 Å². The molecular weight excluding hydrogens is 387 g/mol. The Morgan fingerprint density at radius 1 is 1.28 bits per heavy atom. The van der Waals surface area contributed by atoms with Gasteiger partial charge >= 0.3 is 0 Å². The number of hydrogen-bond acceptors (Lipinski definition) is 5. The number of likely N-dealkylation sites (tertiary alicyclic amines) is 1. The predicted molar refractivity (Wildman–Crippen MR) is 112 cm³/mol. The lowest BCUT2D eigenvalue weighted by molar-refractivity contribution is -0.0643. The van der Waals surface area contributed by atoms with Gasteiger partial charge in [0, 0.05) is 30.6 Å². The first-order valence-electron chi connectivity index (χ1n) is 10.6. The predicted octanol–water partition coefficient (Wildman–Crippen LogP) is 3.42. The van der Waals surface area contributed by atoms with E-state index < -0.39 is 0 Å². The third-order valence-electron chi connectivity index (χ3n) is 6.98. The van der Waals surface area contributed by atoms with Gasteiger partial charge in [-0.05, 0) is 61.8 Å². The van der Waals surface area contributed by atoms with Gasteiger partial charge in [-0.15, -0.1) is 11.3 Å². The molecular formula is C22H27FN4OS. The van der Waals surface area contributed by atoms with Gasteiger partial charge in [-0.3, -0.25) is 9.69 Å². The Morgan fingerprint density at radius 2 is 2.14 bits per heavy atom. The number of amides is 1. The third kappa shape index (κ3) is 3.66. The summed E-state index contributed by atoms with van der Waals surface area (Å²) in [5, 5.41) is 2.20. The van der Waals surface area contributed by atoms with E-state index >= 15 is 0 Å². The topological polar surface area (TPSA) is 62.5 Å².